The lowest BCUT2D eigenvalue weighted by atomic mass is 9.65. The smallest absolute Gasteiger partial charge is 0.319 e. The summed E-state index contributed by atoms with van der Waals surface area (Å²) in [7, 11) is 4.30. The predicted octanol–water partition coefficient (Wildman–Crippen LogP) is 3.71. The van der Waals surface area contributed by atoms with E-state index in [0.717, 1.165) is 25.7 Å². The van der Waals surface area contributed by atoms with E-state index in [4.69, 9.17) is 10.5 Å². The van der Waals surface area contributed by atoms with Crippen LogP contribution in [0.25, 0.3) is 0 Å². The van der Waals surface area contributed by atoms with Gasteiger partial charge in [0.05, 0.1) is 30.7 Å². The van der Waals surface area contributed by atoms with Crippen LogP contribution in [0, 0.1) is 16.7 Å². The minimum Gasteiger partial charge on any atom is -0.378 e. The first-order chi connectivity index (χ1) is 16.8. The monoisotopic (exact) mass is 476 g/mol. The summed E-state index contributed by atoms with van der Waals surface area (Å²) in [5.41, 5.74) is 8.08. The minimum absolute atomic E-state index is 0.0202. The number of primary amides is 1. The van der Waals surface area contributed by atoms with Crippen molar-refractivity contribution in [1.29, 1.82) is 5.26 Å². The van der Waals surface area contributed by atoms with Crippen molar-refractivity contribution in [2.24, 2.45) is 11.1 Å². The number of amides is 2. The van der Waals surface area contributed by atoms with Crippen molar-refractivity contribution in [2.75, 3.05) is 56.7 Å². The summed E-state index contributed by atoms with van der Waals surface area (Å²) < 4.78 is 5.42. The van der Waals surface area contributed by atoms with Crippen molar-refractivity contribution in [2.45, 2.75) is 38.1 Å². The second-order valence-electron chi connectivity index (χ2n) is 10.3. The van der Waals surface area contributed by atoms with Gasteiger partial charge < -0.3 is 15.4 Å². The van der Waals surface area contributed by atoms with Crippen molar-refractivity contribution in [3.05, 3.63) is 53.7 Å². The molecule has 0 atom stereocenters. The van der Waals surface area contributed by atoms with Crippen LogP contribution in [0.4, 0.5) is 16.3 Å². The summed E-state index contributed by atoms with van der Waals surface area (Å²) in [4.78, 5) is 23.1. The molecule has 0 unspecified atom stereocenters. The minimum atomic E-state index is -0.524. The number of rotatable bonds is 6. The molecule has 2 N–H and O–H groups in total. The Morgan fingerprint density at radius 1 is 1.17 bits per heavy atom. The number of morpholine rings is 1. The maximum absolute atomic E-state index is 12.6. The molecule has 1 saturated carbocycles. The lowest BCUT2D eigenvalue weighted by molar-refractivity contribution is 0.0459. The average molecular weight is 477 g/mol. The number of ether oxygens (including phenoxy) is 1. The number of hydrogen-bond acceptors (Lipinski definition) is 6. The second-order valence-corrected chi connectivity index (χ2v) is 10.3. The first kappa shape index (κ1) is 25.0. The fraction of sp³-hybridized carbons (Fsp3) is 0.519. The molecular weight excluding hydrogens is 440 g/mol. The third kappa shape index (κ3) is 5.12. The topological polar surface area (TPSA) is 98.7 Å². The van der Waals surface area contributed by atoms with Gasteiger partial charge >= 0.3 is 6.03 Å². The van der Waals surface area contributed by atoms with Crippen LogP contribution in [0.5, 0.6) is 0 Å². The zero-order valence-corrected chi connectivity index (χ0v) is 21.0. The molecular formula is C27H36N6O2. The molecule has 0 radical (unpaired) electrons. The highest BCUT2D eigenvalue weighted by atomic mass is 16.5. The second kappa shape index (κ2) is 10.2. The van der Waals surface area contributed by atoms with Gasteiger partial charge in [0.25, 0.3) is 0 Å². The Kier molecular flexibility index (Phi) is 7.29. The summed E-state index contributed by atoms with van der Waals surface area (Å²) in [6, 6.07) is 14.1. The Bertz CT molecular complexity index is 1070. The molecule has 2 fully saturated rings. The largest absolute Gasteiger partial charge is 0.378 e. The molecule has 0 bridgehead atoms. The highest BCUT2D eigenvalue weighted by molar-refractivity contribution is 5.91. The van der Waals surface area contributed by atoms with E-state index < -0.39 is 6.03 Å². The van der Waals surface area contributed by atoms with E-state index in [-0.39, 0.29) is 11.0 Å². The number of nitriles is 1. The van der Waals surface area contributed by atoms with Crippen molar-refractivity contribution in [1.82, 2.24) is 9.88 Å². The summed E-state index contributed by atoms with van der Waals surface area (Å²) in [6.45, 7) is 5.31. The molecule has 2 amide bonds. The summed E-state index contributed by atoms with van der Waals surface area (Å²) in [5, 5.41) is 9.80. The molecule has 8 heteroatoms. The maximum atomic E-state index is 12.6. The van der Waals surface area contributed by atoms with Crippen LogP contribution in [0.15, 0.2) is 42.6 Å². The van der Waals surface area contributed by atoms with Gasteiger partial charge in [-0.1, -0.05) is 37.3 Å². The molecule has 186 valence electrons. The van der Waals surface area contributed by atoms with Crippen LogP contribution in [0.3, 0.4) is 0 Å². The fourth-order valence-corrected chi connectivity index (χ4v) is 5.55. The quantitative estimate of drug-likeness (QED) is 0.682. The van der Waals surface area contributed by atoms with Gasteiger partial charge in [-0.25, -0.2) is 9.78 Å². The van der Waals surface area contributed by atoms with E-state index >= 15 is 0 Å². The normalized spacial score (nSPS) is 24.7. The van der Waals surface area contributed by atoms with Gasteiger partial charge in [0.15, 0.2) is 0 Å². The highest BCUT2D eigenvalue weighted by Crippen LogP contribution is 2.48. The Morgan fingerprint density at radius 2 is 1.83 bits per heavy atom. The number of nitrogens with two attached hydrogens (primary N) is 1. The van der Waals surface area contributed by atoms with Crippen LogP contribution in [-0.4, -0.2) is 62.9 Å². The van der Waals surface area contributed by atoms with Crippen molar-refractivity contribution < 1.29 is 9.53 Å². The molecule has 1 aliphatic carbocycles. The van der Waals surface area contributed by atoms with E-state index in [1.165, 1.54) is 5.56 Å². The van der Waals surface area contributed by atoms with Crippen LogP contribution >= 0.6 is 0 Å². The molecule has 4 rings (SSSR count). The van der Waals surface area contributed by atoms with Crippen LogP contribution in [0.2, 0.25) is 0 Å². The zero-order chi connectivity index (χ0) is 25.1. The average Bonchev–Trinajstić information content (AvgIpc) is 2.88. The molecule has 35 heavy (non-hydrogen) atoms. The molecule has 1 aromatic carbocycles. The van der Waals surface area contributed by atoms with Gasteiger partial charge in [-0.2, -0.15) is 5.26 Å². The van der Waals surface area contributed by atoms with E-state index in [9.17, 15) is 10.1 Å². The fourth-order valence-electron chi connectivity index (χ4n) is 5.55. The first-order valence-corrected chi connectivity index (χ1v) is 12.3. The number of benzene rings is 1. The van der Waals surface area contributed by atoms with Gasteiger partial charge in [-0.05, 0) is 56.8 Å². The number of carbonyl (C=O) groups excluding carboxylic acids is 1. The Labute approximate surface area is 208 Å². The SMILES string of the molecule is CN(C)[C@]1(c2ccccc2)CC[C@@](C)(CN(C(N)=O)c2cnc(N3CCOCC3)c(C#N)c2)CC1. The number of aromatic nitrogens is 1. The summed E-state index contributed by atoms with van der Waals surface area (Å²) in [5.74, 6) is 0.631. The van der Waals surface area contributed by atoms with Gasteiger partial charge in [-0.15, -0.1) is 0 Å². The van der Waals surface area contributed by atoms with Crippen LogP contribution < -0.4 is 15.5 Å². The van der Waals surface area contributed by atoms with Crippen LogP contribution in [0.1, 0.15) is 43.7 Å². The summed E-state index contributed by atoms with van der Waals surface area (Å²) >= 11 is 0. The van der Waals surface area contributed by atoms with Gasteiger partial charge in [0.1, 0.15) is 11.9 Å². The van der Waals surface area contributed by atoms with E-state index in [1.807, 2.05) is 4.90 Å². The van der Waals surface area contributed by atoms with Crippen molar-refractivity contribution >= 4 is 17.5 Å². The van der Waals surface area contributed by atoms with E-state index in [2.05, 4.69) is 67.3 Å². The molecule has 8 nitrogen and oxygen atoms in total. The lowest BCUT2D eigenvalue weighted by Crippen LogP contribution is -2.50. The third-order valence-electron chi connectivity index (χ3n) is 7.85. The Hall–Kier alpha value is -3.15. The molecule has 1 aromatic heterocycles. The summed E-state index contributed by atoms with van der Waals surface area (Å²) in [6.07, 6.45) is 5.55. The molecule has 2 aliphatic rings. The van der Waals surface area contributed by atoms with Crippen LogP contribution in [-0.2, 0) is 10.3 Å². The maximum Gasteiger partial charge on any atom is 0.319 e. The molecule has 2 aromatic rings. The Balaban J connectivity index is 1.54. The first-order valence-electron chi connectivity index (χ1n) is 12.3. The van der Waals surface area contributed by atoms with E-state index in [1.54, 1.807) is 17.2 Å². The van der Waals surface area contributed by atoms with Crippen molar-refractivity contribution in [3.63, 3.8) is 0 Å². The number of anilines is 2. The molecule has 1 saturated heterocycles. The number of urea groups is 1. The van der Waals surface area contributed by atoms with E-state index in [0.29, 0.717) is 49.9 Å². The number of carbonyl (C=O) groups is 1. The molecule has 0 spiro atoms. The predicted molar refractivity (Wildman–Crippen MR) is 137 cm³/mol. The molecule has 2 heterocycles. The number of nitrogens with zero attached hydrogens (tertiary/aromatic N) is 5. The lowest BCUT2D eigenvalue weighted by Gasteiger charge is -2.50. The zero-order valence-electron chi connectivity index (χ0n) is 21.0. The highest BCUT2D eigenvalue weighted by Gasteiger charge is 2.44. The third-order valence-corrected chi connectivity index (χ3v) is 7.85. The number of pyridine rings is 1. The van der Waals surface area contributed by atoms with Gasteiger partial charge in [-0.3, -0.25) is 9.80 Å². The van der Waals surface area contributed by atoms with Crippen molar-refractivity contribution in [3.8, 4) is 6.07 Å². The molecule has 1 aliphatic heterocycles. The standard InChI is InChI=1S/C27H36N6O2/c1-26(9-11-27(12-10-26,31(2)3)22-7-5-4-6-8-22)20-33(25(29)34)23-17-21(18-28)24(30-19-23)32-13-15-35-16-14-32/h4-8,17,19H,9-16,20H2,1-3H3,(H2,29,34)/t26-,27-. The number of hydrogen-bond donors (Lipinski definition) is 1. The van der Waals surface area contributed by atoms with Gasteiger partial charge in [0.2, 0.25) is 0 Å². The Morgan fingerprint density at radius 3 is 2.40 bits per heavy atom. The van der Waals surface area contributed by atoms with Gasteiger partial charge in [0, 0.05) is 25.2 Å².